The highest BCUT2D eigenvalue weighted by molar-refractivity contribution is 5.44. The molecule has 2 aromatic carbocycles. The van der Waals surface area contributed by atoms with Crippen LogP contribution in [0.15, 0.2) is 42.5 Å². The van der Waals surface area contributed by atoms with Crippen molar-refractivity contribution in [2.75, 3.05) is 13.7 Å². The lowest BCUT2D eigenvalue weighted by Gasteiger charge is -2.40. The summed E-state index contributed by atoms with van der Waals surface area (Å²) in [6, 6.07) is 13.3. The van der Waals surface area contributed by atoms with E-state index < -0.39 is 0 Å². The first kappa shape index (κ1) is 16.5. The highest BCUT2D eigenvalue weighted by Crippen LogP contribution is 2.35. The van der Waals surface area contributed by atoms with Crippen LogP contribution < -0.4 is 4.74 Å². The summed E-state index contributed by atoms with van der Waals surface area (Å²) in [5.74, 6) is 0.846. The Morgan fingerprint density at radius 3 is 2.54 bits per heavy atom. The van der Waals surface area contributed by atoms with Crippen LogP contribution in [0, 0.1) is 10.1 Å². The highest BCUT2D eigenvalue weighted by Gasteiger charge is 2.32. The van der Waals surface area contributed by atoms with E-state index in [9.17, 15) is 10.1 Å². The van der Waals surface area contributed by atoms with Crippen LogP contribution in [0.3, 0.4) is 0 Å². The predicted molar refractivity (Wildman–Crippen MR) is 93.2 cm³/mol. The van der Waals surface area contributed by atoms with Crippen LogP contribution in [-0.2, 0) is 18.5 Å². The van der Waals surface area contributed by atoms with Crippen LogP contribution >= 0.6 is 0 Å². The van der Waals surface area contributed by atoms with Gasteiger partial charge in [0.25, 0.3) is 5.69 Å². The fraction of sp³-hybridized carbons (Fsp3) is 0.368. The second kappa shape index (κ2) is 6.24. The Labute approximate surface area is 142 Å². The number of hydrogen-bond acceptors (Lipinski definition) is 4. The van der Waals surface area contributed by atoms with Gasteiger partial charge >= 0.3 is 0 Å². The molecular formula is C19H22N2O3. The average molecular weight is 326 g/mol. The number of benzene rings is 2. The largest absolute Gasteiger partial charge is 0.497 e. The van der Waals surface area contributed by atoms with Gasteiger partial charge in [0.15, 0.2) is 0 Å². The summed E-state index contributed by atoms with van der Waals surface area (Å²) < 4.78 is 5.20. The molecule has 1 heterocycles. The van der Waals surface area contributed by atoms with Crippen molar-refractivity contribution in [1.82, 2.24) is 4.90 Å². The summed E-state index contributed by atoms with van der Waals surface area (Å²) >= 11 is 0. The second-order valence-corrected chi connectivity index (χ2v) is 6.98. The molecule has 2 aromatic rings. The Morgan fingerprint density at radius 2 is 1.92 bits per heavy atom. The number of nitro benzene ring substituents is 1. The van der Waals surface area contributed by atoms with Gasteiger partial charge < -0.3 is 4.74 Å². The molecule has 0 radical (unpaired) electrons. The van der Waals surface area contributed by atoms with E-state index in [1.807, 2.05) is 18.2 Å². The molecule has 126 valence electrons. The van der Waals surface area contributed by atoms with Gasteiger partial charge in [-0.25, -0.2) is 0 Å². The van der Waals surface area contributed by atoms with Crippen LogP contribution in [0.2, 0.25) is 0 Å². The first-order chi connectivity index (χ1) is 11.4. The Bertz CT molecular complexity index is 754. The van der Waals surface area contributed by atoms with Crippen molar-refractivity contribution in [1.29, 1.82) is 0 Å². The molecule has 24 heavy (non-hydrogen) atoms. The van der Waals surface area contributed by atoms with E-state index >= 15 is 0 Å². The molecule has 0 bridgehead atoms. The van der Waals surface area contributed by atoms with E-state index in [1.54, 1.807) is 19.2 Å². The lowest BCUT2D eigenvalue weighted by Crippen LogP contribution is -2.41. The molecule has 5 heteroatoms. The van der Waals surface area contributed by atoms with E-state index in [-0.39, 0.29) is 16.0 Å². The van der Waals surface area contributed by atoms with Gasteiger partial charge in [0.05, 0.1) is 12.0 Å². The Balaban J connectivity index is 1.84. The number of fused-ring (bicyclic) bond motifs is 1. The topological polar surface area (TPSA) is 55.6 Å². The van der Waals surface area contributed by atoms with E-state index in [1.165, 1.54) is 11.1 Å². The molecular weight excluding hydrogens is 304 g/mol. The van der Waals surface area contributed by atoms with Crippen LogP contribution in [0.25, 0.3) is 0 Å². The third kappa shape index (κ3) is 3.26. The van der Waals surface area contributed by atoms with Crippen LogP contribution in [-0.4, -0.2) is 23.5 Å². The number of nitrogens with zero attached hydrogens (tertiary/aromatic N) is 2. The van der Waals surface area contributed by atoms with Crippen molar-refractivity contribution in [3.05, 3.63) is 69.3 Å². The zero-order valence-corrected chi connectivity index (χ0v) is 14.3. The predicted octanol–water partition coefficient (Wildman–Crippen LogP) is 3.90. The number of hydrogen-bond donors (Lipinski definition) is 0. The van der Waals surface area contributed by atoms with Crippen molar-refractivity contribution < 1.29 is 9.66 Å². The van der Waals surface area contributed by atoms with Crippen molar-refractivity contribution in [3.63, 3.8) is 0 Å². The fourth-order valence-electron chi connectivity index (χ4n) is 3.53. The maximum Gasteiger partial charge on any atom is 0.269 e. The maximum atomic E-state index is 11.1. The van der Waals surface area contributed by atoms with E-state index in [0.717, 1.165) is 30.9 Å². The summed E-state index contributed by atoms with van der Waals surface area (Å²) in [7, 11) is 1.66. The van der Waals surface area contributed by atoms with Crippen molar-refractivity contribution in [3.8, 4) is 5.75 Å². The normalized spacial score (nSPS) is 16.5. The molecule has 1 aliphatic rings. The smallest absolute Gasteiger partial charge is 0.269 e. The minimum absolute atomic E-state index is 0.0326. The minimum atomic E-state index is -0.324. The number of ether oxygens (including phenoxy) is 1. The number of nitro groups is 1. The second-order valence-electron chi connectivity index (χ2n) is 6.98. The molecule has 0 saturated carbocycles. The van der Waals surface area contributed by atoms with E-state index in [0.29, 0.717) is 0 Å². The standard InChI is InChI=1S/C19H22N2O3/c1-19(2)13-20(11-14-4-7-17(24-3)8-5-14)12-15-10-16(21(22)23)6-9-18(15)19/h4-10H,11-13H2,1-3H3. The van der Waals surface area contributed by atoms with Crippen molar-refractivity contribution in [2.45, 2.75) is 32.4 Å². The van der Waals surface area contributed by atoms with E-state index in [4.69, 9.17) is 4.74 Å². The molecule has 0 unspecified atom stereocenters. The number of methoxy groups -OCH3 is 1. The monoisotopic (exact) mass is 326 g/mol. The molecule has 0 saturated heterocycles. The van der Waals surface area contributed by atoms with Gasteiger partial charge in [-0.2, -0.15) is 0 Å². The quantitative estimate of drug-likeness (QED) is 0.632. The Kier molecular flexibility index (Phi) is 4.28. The minimum Gasteiger partial charge on any atom is -0.497 e. The Morgan fingerprint density at radius 1 is 1.21 bits per heavy atom. The number of non-ortho nitro benzene ring substituents is 1. The molecule has 0 aromatic heterocycles. The number of rotatable bonds is 4. The SMILES string of the molecule is COc1ccc(CN2Cc3cc([N+](=O)[O-])ccc3C(C)(C)C2)cc1. The summed E-state index contributed by atoms with van der Waals surface area (Å²) in [4.78, 5) is 13.1. The van der Waals surface area contributed by atoms with Crippen LogP contribution in [0.1, 0.15) is 30.5 Å². The molecule has 0 aliphatic carbocycles. The van der Waals surface area contributed by atoms with Gasteiger partial charge in [0.1, 0.15) is 5.75 Å². The van der Waals surface area contributed by atoms with Gasteiger partial charge in [-0.1, -0.05) is 32.0 Å². The van der Waals surface area contributed by atoms with Crippen LogP contribution in [0.5, 0.6) is 5.75 Å². The van der Waals surface area contributed by atoms with Gasteiger partial charge in [-0.3, -0.25) is 15.0 Å². The zero-order chi connectivity index (χ0) is 17.3. The molecule has 0 atom stereocenters. The Hall–Kier alpha value is -2.40. The first-order valence-corrected chi connectivity index (χ1v) is 8.02. The van der Waals surface area contributed by atoms with E-state index in [2.05, 4.69) is 30.9 Å². The molecule has 0 amide bonds. The maximum absolute atomic E-state index is 11.1. The highest BCUT2D eigenvalue weighted by atomic mass is 16.6. The van der Waals surface area contributed by atoms with Crippen molar-refractivity contribution >= 4 is 5.69 Å². The zero-order valence-electron chi connectivity index (χ0n) is 14.3. The molecule has 3 rings (SSSR count). The molecule has 1 aliphatic heterocycles. The molecule has 0 fully saturated rings. The van der Waals surface area contributed by atoms with Crippen molar-refractivity contribution in [2.24, 2.45) is 0 Å². The van der Waals surface area contributed by atoms with Gasteiger partial charge in [0.2, 0.25) is 0 Å². The molecule has 0 spiro atoms. The van der Waals surface area contributed by atoms with Gasteiger partial charge in [-0.15, -0.1) is 0 Å². The summed E-state index contributed by atoms with van der Waals surface area (Å²) in [5, 5.41) is 11.1. The molecule has 5 nitrogen and oxygen atoms in total. The summed E-state index contributed by atoms with van der Waals surface area (Å²) in [6.07, 6.45) is 0. The van der Waals surface area contributed by atoms with Crippen LogP contribution in [0.4, 0.5) is 5.69 Å². The summed E-state index contributed by atoms with van der Waals surface area (Å²) in [5.41, 5.74) is 3.60. The molecule has 0 N–H and O–H groups in total. The fourth-order valence-corrected chi connectivity index (χ4v) is 3.53. The lowest BCUT2D eigenvalue weighted by atomic mass is 9.78. The third-order valence-electron chi connectivity index (χ3n) is 4.61. The summed E-state index contributed by atoms with van der Waals surface area (Å²) in [6.45, 7) is 6.85. The van der Waals surface area contributed by atoms with Gasteiger partial charge in [-0.05, 0) is 28.8 Å². The third-order valence-corrected chi connectivity index (χ3v) is 4.61. The lowest BCUT2D eigenvalue weighted by molar-refractivity contribution is -0.385. The van der Waals surface area contributed by atoms with Gasteiger partial charge in [0, 0.05) is 37.2 Å². The first-order valence-electron chi connectivity index (χ1n) is 8.02. The average Bonchev–Trinajstić information content (AvgIpc) is 2.54.